The van der Waals surface area contributed by atoms with Crippen molar-refractivity contribution in [1.82, 2.24) is 16.0 Å². The molecule has 236 valence electrons. The first-order valence-corrected chi connectivity index (χ1v) is 14.5. The first-order valence-electron chi connectivity index (χ1n) is 14.5. The van der Waals surface area contributed by atoms with Gasteiger partial charge in [0.25, 0.3) is 0 Å². The Kier molecular flexibility index (Phi) is 10.4. The molecule has 11 nitrogen and oxygen atoms in total. The molecule has 0 aromatic heterocycles. The van der Waals surface area contributed by atoms with E-state index in [-0.39, 0.29) is 68.2 Å². The van der Waals surface area contributed by atoms with Crippen molar-refractivity contribution in [3.8, 4) is 34.5 Å². The van der Waals surface area contributed by atoms with Gasteiger partial charge in [0.2, 0.25) is 11.8 Å². The summed E-state index contributed by atoms with van der Waals surface area (Å²) < 4.78 is 0. The molecule has 0 unspecified atom stereocenters. The van der Waals surface area contributed by atoms with Crippen LogP contribution >= 0.6 is 0 Å². The van der Waals surface area contributed by atoms with Gasteiger partial charge in [0.1, 0.15) is 34.5 Å². The predicted octanol–water partition coefficient (Wildman–Crippen LogP) is 4.17. The van der Waals surface area contributed by atoms with Crippen LogP contribution < -0.4 is 16.0 Å². The zero-order valence-electron chi connectivity index (χ0n) is 25.0. The molecule has 2 amide bonds. The lowest BCUT2D eigenvalue weighted by atomic mass is 9.97. The van der Waals surface area contributed by atoms with Crippen molar-refractivity contribution in [3.63, 3.8) is 0 Å². The second-order valence-corrected chi connectivity index (χ2v) is 10.6. The topological polar surface area (TPSA) is 192 Å². The Morgan fingerprint density at radius 3 is 1.40 bits per heavy atom. The van der Waals surface area contributed by atoms with Crippen LogP contribution in [0.5, 0.6) is 34.5 Å². The monoisotopic (exact) mass is 615 g/mol. The minimum Gasteiger partial charge on any atom is -0.507 e. The summed E-state index contributed by atoms with van der Waals surface area (Å²) in [6.45, 7) is 5.30. The Morgan fingerprint density at radius 2 is 1.00 bits per heavy atom. The largest absolute Gasteiger partial charge is 0.507 e. The molecule has 45 heavy (non-hydrogen) atoms. The van der Waals surface area contributed by atoms with E-state index in [0.717, 1.165) is 0 Å². The van der Waals surface area contributed by atoms with Gasteiger partial charge in [0.15, 0.2) is 0 Å². The fourth-order valence-electron chi connectivity index (χ4n) is 5.08. The van der Waals surface area contributed by atoms with Crippen molar-refractivity contribution < 1.29 is 40.2 Å². The van der Waals surface area contributed by atoms with Gasteiger partial charge in [-0.1, -0.05) is 24.3 Å². The van der Waals surface area contributed by atoms with Crippen molar-refractivity contribution in [1.29, 1.82) is 0 Å². The lowest BCUT2D eigenvalue weighted by Gasteiger charge is -2.12. The average molecular weight is 616 g/mol. The van der Waals surface area contributed by atoms with E-state index in [0.29, 0.717) is 60.9 Å². The van der Waals surface area contributed by atoms with Crippen LogP contribution in [0.15, 0.2) is 48.6 Å². The maximum atomic E-state index is 12.3. The van der Waals surface area contributed by atoms with E-state index in [4.69, 9.17) is 0 Å². The fourth-order valence-corrected chi connectivity index (χ4v) is 5.08. The quantitative estimate of drug-likeness (QED) is 0.0639. The Labute approximate surface area is 259 Å². The van der Waals surface area contributed by atoms with Gasteiger partial charge in [-0.25, -0.2) is 0 Å². The number of carbonyl (C=O) groups excluding carboxylic acids is 2. The summed E-state index contributed by atoms with van der Waals surface area (Å²) in [5.41, 5.74) is 1.24. The molecule has 11 heteroatoms. The summed E-state index contributed by atoms with van der Waals surface area (Å²) >= 11 is 0. The zero-order valence-corrected chi connectivity index (χ0v) is 25.0. The molecule has 0 spiro atoms. The number of carbonyl (C=O) groups is 2. The number of rotatable bonds is 12. The van der Waals surface area contributed by atoms with Crippen LogP contribution in [0.2, 0.25) is 0 Å². The summed E-state index contributed by atoms with van der Waals surface area (Å²) in [5, 5.41) is 72.1. The van der Waals surface area contributed by atoms with Crippen molar-refractivity contribution >= 4 is 45.5 Å². The molecular weight excluding hydrogens is 578 g/mol. The number of nitrogens with one attached hydrogen (secondary N) is 3. The molecule has 0 atom stereocenters. The van der Waals surface area contributed by atoms with Gasteiger partial charge in [0, 0.05) is 58.3 Å². The maximum Gasteiger partial charge on any atom is 0.244 e. The smallest absolute Gasteiger partial charge is 0.244 e. The number of phenols is 6. The molecule has 9 N–H and O–H groups in total. The normalized spacial score (nSPS) is 11.6. The predicted molar refractivity (Wildman–Crippen MR) is 174 cm³/mol. The Balaban J connectivity index is 1.15. The lowest BCUT2D eigenvalue weighted by Crippen LogP contribution is -2.28. The molecular formula is C34H37N3O8. The molecule has 4 rings (SSSR count). The van der Waals surface area contributed by atoms with E-state index in [1.807, 2.05) is 0 Å². The number of phenolic OH excluding ortho intramolecular Hbond substituents is 6. The van der Waals surface area contributed by atoms with Crippen LogP contribution in [0.1, 0.15) is 35.1 Å². The number of amides is 2. The van der Waals surface area contributed by atoms with E-state index < -0.39 is 0 Å². The van der Waals surface area contributed by atoms with Gasteiger partial charge >= 0.3 is 0 Å². The third kappa shape index (κ3) is 7.22. The molecule has 0 bridgehead atoms. The number of hydrogen-bond acceptors (Lipinski definition) is 9. The number of aromatic hydroxyl groups is 6. The van der Waals surface area contributed by atoms with E-state index in [2.05, 4.69) is 16.0 Å². The number of benzene rings is 4. The Morgan fingerprint density at radius 1 is 0.600 bits per heavy atom. The summed E-state index contributed by atoms with van der Waals surface area (Å²) in [5.74, 6) is -1.71. The SMILES string of the molecule is Cc1c(/C=C/C(=O)NCCCNCCCNC(=O)/C=C/c2c(C)c(O)c3cccc(O)c3c2O)c(O)c2c(O)cccc2c1O. The molecule has 4 aromatic carbocycles. The minimum absolute atomic E-state index is 0.0831. The average Bonchev–Trinajstić information content (AvgIpc) is 3.01. The summed E-state index contributed by atoms with van der Waals surface area (Å²) in [7, 11) is 0. The Bertz CT molecular complexity index is 1680. The van der Waals surface area contributed by atoms with Crippen molar-refractivity contribution in [2.45, 2.75) is 26.7 Å². The standard InChI is InChI=1S/C34H37N3O8/c1-19-21(33(44)29-23(31(19)42)7-3-9-25(29)38)11-13-27(40)36-17-5-15-35-16-6-18-37-28(41)14-12-22-20(2)32(43)24-8-4-10-26(39)30(24)34(22)45/h3-4,7-14,35,38-39,42-45H,5-6,15-18H2,1-2H3,(H,36,40)(H,37,41)/b13-11+,14-12+. The van der Waals surface area contributed by atoms with Crippen molar-refractivity contribution in [3.05, 3.63) is 70.8 Å². The molecule has 0 aliphatic heterocycles. The third-order valence-corrected chi connectivity index (χ3v) is 7.56. The van der Waals surface area contributed by atoms with E-state index in [9.17, 15) is 40.2 Å². The molecule has 4 aromatic rings. The highest BCUT2D eigenvalue weighted by atomic mass is 16.3. The molecule has 0 radical (unpaired) electrons. The highest BCUT2D eigenvalue weighted by molar-refractivity contribution is 6.03. The van der Waals surface area contributed by atoms with Crippen molar-refractivity contribution in [2.24, 2.45) is 0 Å². The van der Waals surface area contributed by atoms with Crippen LogP contribution in [0, 0.1) is 13.8 Å². The third-order valence-electron chi connectivity index (χ3n) is 7.56. The molecule has 0 fully saturated rings. The first-order chi connectivity index (χ1) is 21.5. The number of hydrogen-bond donors (Lipinski definition) is 9. The summed E-state index contributed by atoms with van der Waals surface area (Å²) in [6.07, 6.45) is 6.61. The van der Waals surface area contributed by atoms with Crippen LogP contribution in [0.25, 0.3) is 33.7 Å². The van der Waals surface area contributed by atoms with Crippen molar-refractivity contribution in [2.75, 3.05) is 26.2 Å². The second kappa shape index (κ2) is 14.4. The molecule has 0 aliphatic rings. The number of fused-ring (bicyclic) bond motifs is 2. The fraction of sp³-hybridized carbons (Fsp3) is 0.235. The van der Waals surface area contributed by atoms with E-state index in [1.54, 1.807) is 38.1 Å². The Hall–Kier alpha value is -5.42. The van der Waals surface area contributed by atoms with Crippen LogP contribution in [0.4, 0.5) is 0 Å². The minimum atomic E-state index is -0.374. The van der Waals surface area contributed by atoms with Gasteiger partial charge < -0.3 is 46.6 Å². The summed E-state index contributed by atoms with van der Waals surface area (Å²) in [4.78, 5) is 24.5. The highest BCUT2D eigenvalue weighted by Crippen LogP contribution is 2.44. The van der Waals surface area contributed by atoms with Gasteiger partial charge in [-0.3, -0.25) is 9.59 Å². The van der Waals surface area contributed by atoms with Gasteiger partial charge in [-0.2, -0.15) is 0 Å². The van der Waals surface area contributed by atoms with Crippen LogP contribution in [-0.2, 0) is 9.59 Å². The lowest BCUT2D eigenvalue weighted by molar-refractivity contribution is -0.117. The molecule has 0 aliphatic carbocycles. The van der Waals surface area contributed by atoms with E-state index in [1.165, 1.54) is 36.4 Å². The van der Waals surface area contributed by atoms with E-state index >= 15 is 0 Å². The summed E-state index contributed by atoms with van der Waals surface area (Å²) in [6, 6.07) is 9.11. The molecule has 0 saturated heterocycles. The van der Waals surface area contributed by atoms with Crippen LogP contribution in [0.3, 0.4) is 0 Å². The zero-order chi connectivity index (χ0) is 32.7. The second-order valence-electron chi connectivity index (χ2n) is 10.6. The molecule has 0 heterocycles. The first kappa shape index (κ1) is 32.5. The maximum absolute atomic E-state index is 12.3. The molecule has 0 saturated carbocycles. The van der Waals surface area contributed by atoms with Gasteiger partial charge in [-0.15, -0.1) is 0 Å². The van der Waals surface area contributed by atoms with Gasteiger partial charge in [-0.05, 0) is 64.1 Å². The van der Waals surface area contributed by atoms with Crippen LogP contribution in [-0.4, -0.2) is 68.6 Å². The van der Waals surface area contributed by atoms with Gasteiger partial charge in [0.05, 0.1) is 10.8 Å². The highest BCUT2D eigenvalue weighted by Gasteiger charge is 2.18.